The molecule has 1 aromatic rings. The van der Waals surface area contributed by atoms with E-state index >= 15 is 0 Å². The Balaban J connectivity index is 2.67. The fourth-order valence-corrected chi connectivity index (χ4v) is 2.40. The maximum atomic E-state index is 5.35. The Morgan fingerprint density at radius 3 is 2.19 bits per heavy atom. The number of ether oxygens (including phenoxy) is 3. The van der Waals surface area contributed by atoms with Crippen molar-refractivity contribution in [2.45, 2.75) is 39.3 Å². The summed E-state index contributed by atoms with van der Waals surface area (Å²) >= 11 is 0. The molecule has 0 amide bonds. The topological polar surface area (TPSA) is 39.7 Å². The third-order valence-electron chi connectivity index (χ3n) is 3.64. The molecule has 0 saturated carbocycles. The van der Waals surface area contributed by atoms with Crippen molar-refractivity contribution in [3.05, 3.63) is 23.8 Å². The number of nitrogens with one attached hydrogen (secondary N) is 1. The predicted octanol–water partition coefficient (Wildman–Crippen LogP) is 2.90. The van der Waals surface area contributed by atoms with Gasteiger partial charge in [0.15, 0.2) is 11.5 Å². The number of hydrogen-bond acceptors (Lipinski definition) is 4. The van der Waals surface area contributed by atoms with E-state index in [0.29, 0.717) is 18.0 Å². The normalized spacial score (nSPS) is 14.0. The molecule has 1 aromatic carbocycles. The first-order valence-electron chi connectivity index (χ1n) is 7.47. The van der Waals surface area contributed by atoms with Crippen molar-refractivity contribution in [3.8, 4) is 11.5 Å². The van der Waals surface area contributed by atoms with Gasteiger partial charge in [-0.1, -0.05) is 19.9 Å². The van der Waals surface area contributed by atoms with Crippen LogP contribution >= 0.6 is 0 Å². The number of benzene rings is 1. The van der Waals surface area contributed by atoms with Crippen molar-refractivity contribution in [1.29, 1.82) is 0 Å². The van der Waals surface area contributed by atoms with Gasteiger partial charge in [-0.25, -0.2) is 0 Å². The summed E-state index contributed by atoms with van der Waals surface area (Å²) in [6.07, 6.45) is 0.938. The zero-order valence-corrected chi connectivity index (χ0v) is 14.1. The van der Waals surface area contributed by atoms with Crippen molar-refractivity contribution < 1.29 is 14.2 Å². The van der Waals surface area contributed by atoms with Gasteiger partial charge in [-0.05, 0) is 37.0 Å². The summed E-state index contributed by atoms with van der Waals surface area (Å²) in [6.45, 7) is 7.34. The number of rotatable bonds is 9. The molecule has 0 aliphatic carbocycles. The quantitative estimate of drug-likeness (QED) is 0.760. The van der Waals surface area contributed by atoms with Crippen LogP contribution in [0.1, 0.15) is 26.3 Å². The van der Waals surface area contributed by atoms with Crippen LogP contribution in [0.2, 0.25) is 0 Å². The molecule has 0 aliphatic rings. The SMILES string of the molecule is COCC(NC(C)Cc1ccc(OC)c(OC)c1)C(C)C. The van der Waals surface area contributed by atoms with Crippen LogP contribution in [0.5, 0.6) is 11.5 Å². The first-order chi connectivity index (χ1) is 10.0. The van der Waals surface area contributed by atoms with Crippen LogP contribution < -0.4 is 14.8 Å². The molecule has 0 fully saturated rings. The highest BCUT2D eigenvalue weighted by molar-refractivity contribution is 5.43. The van der Waals surface area contributed by atoms with E-state index < -0.39 is 0 Å². The largest absolute Gasteiger partial charge is 0.493 e. The molecular weight excluding hydrogens is 266 g/mol. The highest BCUT2D eigenvalue weighted by Gasteiger charge is 2.16. The molecule has 21 heavy (non-hydrogen) atoms. The first kappa shape index (κ1) is 17.8. The molecule has 0 spiro atoms. The van der Waals surface area contributed by atoms with Gasteiger partial charge in [-0.3, -0.25) is 0 Å². The van der Waals surface area contributed by atoms with Crippen LogP contribution in [-0.2, 0) is 11.2 Å². The van der Waals surface area contributed by atoms with Crippen molar-refractivity contribution >= 4 is 0 Å². The second-order valence-corrected chi connectivity index (χ2v) is 5.77. The Morgan fingerprint density at radius 2 is 1.67 bits per heavy atom. The maximum absolute atomic E-state index is 5.35. The Kier molecular flexibility index (Phi) is 7.54. The van der Waals surface area contributed by atoms with E-state index in [9.17, 15) is 0 Å². The van der Waals surface area contributed by atoms with Gasteiger partial charge >= 0.3 is 0 Å². The molecule has 0 bridgehead atoms. The molecule has 2 unspecified atom stereocenters. The Morgan fingerprint density at radius 1 is 1.00 bits per heavy atom. The standard InChI is InChI=1S/C17H29NO3/c1-12(2)15(11-19-4)18-13(3)9-14-7-8-16(20-5)17(10-14)21-6/h7-8,10,12-13,15,18H,9,11H2,1-6H3. The van der Waals surface area contributed by atoms with Gasteiger partial charge in [0.25, 0.3) is 0 Å². The summed E-state index contributed by atoms with van der Waals surface area (Å²) < 4.78 is 15.9. The van der Waals surface area contributed by atoms with Crippen molar-refractivity contribution in [1.82, 2.24) is 5.32 Å². The third-order valence-corrected chi connectivity index (χ3v) is 3.64. The summed E-state index contributed by atoms with van der Waals surface area (Å²) in [5.41, 5.74) is 1.23. The smallest absolute Gasteiger partial charge is 0.160 e. The van der Waals surface area contributed by atoms with Crippen LogP contribution in [0.15, 0.2) is 18.2 Å². The summed E-state index contributed by atoms with van der Waals surface area (Å²) in [7, 11) is 5.06. The van der Waals surface area contributed by atoms with Crippen LogP contribution in [0.25, 0.3) is 0 Å². The fourth-order valence-electron chi connectivity index (χ4n) is 2.40. The lowest BCUT2D eigenvalue weighted by Gasteiger charge is -2.26. The molecule has 0 radical (unpaired) electrons. The summed E-state index contributed by atoms with van der Waals surface area (Å²) in [5.74, 6) is 2.08. The second-order valence-electron chi connectivity index (χ2n) is 5.77. The van der Waals surface area contributed by atoms with Gasteiger partial charge in [0.2, 0.25) is 0 Å². The minimum absolute atomic E-state index is 0.366. The summed E-state index contributed by atoms with van der Waals surface area (Å²) in [4.78, 5) is 0. The average molecular weight is 295 g/mol. The molecule has 0 aliphatic heterocycles. The number of hydrogen-bond donors (Lipinski definition) is 1. The molecule has 0 heterocycles. The van der Waals surface area contributed by atoms with E-state index in [1.165, 1.54) is 5.56 Å². The molecular formula is C17H29NO3. The molecule has 1 rings (SSSR count). The van der Waals surface area contributed by atoms with E-state index in [2.05, 4.69) is 32.2 Å². The lowest BCUT2D eigenvalue weighted by molar-refractivity contribution is 0.141. The van der Waals surface area contributed by atoms with E-state index in [1.54, 1.807) is 21.3 Å². The molecule has 4 heteroatoms. The minimum Gasteiger partial charge on any atom is -0.493 e. The monoisotopic (exact) mass is 295 g/mol. The maximum Gasteiger partial charge on any atom is 0.160 e. The van der Waals surface area contributed by atoms with Crippen LogP contribution in [0.3, 0.4) is 0 Å². The van der Waals surface area contributed by atoms with Crippen molar-refractivity contribution in [2.75, 3.05) is 27.9 Å². The lowest BCUT2D eigenvalue weighted by atomic mass is 10.0. The second kappa shape index (κ2) is 8.90. The Labute approximate surface area is 128 Å². The van der Waals surface area contributed by atoms with Gasteiger partial charge in [-0.2, -0.15) is 0 Å². The highest BCUT2D eigenvalue weighted by atomic mass is 16.5. The molecule has 4 nitrogen and oxygen atoms in total. The molecule has 120 valence electrons. The van der Waals surface area contributed by atoms with E-state index in [-0.39, 0.29) is 0 Å². The van der Waals surface area contributed by atoms with Gasteiger partial charge in [0.1, 0.15) is 0 Å². The fraction of sp³-hybridized carbons (Fsp3) is 0.647. The van der Waals surface area contributed by atoms with Gasteiger partial charge in [0, 0.05) is 19.2 Å². The van der Waals surface area contributed by atoms with Crippen molar-refractivity contribution in [3.63, 3.8) is 0 Å². The molecule has 1 N–H and O–H groups in total. The highest BCUT2D eigenvalue weighted by Crippen LogP contribution is 2.28. The van der Waals surface area contributed by atoms with E-state index in [1.807, 2.05) is 12.1 Å². The molecule has 0 saturated heterocycles. The zero-order chi connectivity index (χ0) is 15.8. The van der Waals surface area contributed by atoms with E-state index in [0.717, 1.165) is 24.5 Å². The van der Waals surface area contributed by atoms with Crippen LogP contribution in [-0.4, -0.2) is 40.0 Å². The Bertz CT molecular complexity index is 420. The van der Waals surface area contributed by atoms with Gasteiger partial charge < -0.3 is 19.5 Å². The summed E-state index contributed by atoms with van der Waals surface area (Å²) in [5, 5.41) is 3.63. The van der Waals surface area contributed by atoms with Gasteiger partial charge in [0.05, 0.1) is 20.8 Å². The van der Waals surface area contributed by atoms with E-state index in [4.69, 9.17) is 14.2 Å². The van der Waals surface area contributed by atoms with Gasteiger partial charge in [-0.15, -0.1) is 0 Å². The Hall–Kier alpha value is -1.26. The van der Waals surface area contributed by atoms with Crippen LogP contribution in [0.4, 0.5) is 0 Å². The average Bonchev–Trinajstić information content (AvgIpc) is 2.46. The first-order valence-corrected chi connectivity index (χ1v) is 7.47. The number of methoxy groups -OCH3 is 3. The lowest BCUT2D eigenvalue weighted by Crippen LogP contribution is -2.43. The molecule has 2 atom stereocenters. The predicted molar refractivity (Wildman–Crippen MR) is 86.3 cm³/mol. The third kappa shape index (κ3) is 5.56. The molecule has 0 aromatic heterocycles. The van der Waals surface area contributed by atoms with Crippen molar-refractivity contribution in [2.24, 2.45) is 5.92 Å². The zero-order valence-electron chi connectivity index (χ0n) is 14.1. The minimum atomic E-state index is 0.366. The summed E-state index contributed by atoms with van der Waals surface area (Å²) in [6, 6.07) is 6.81. The van der Waals surface area contributed by atoms with Crippen LogP contribution in [0, 0.1) is 5.92 Å².